The van der Waals surface area contributed by atoms with Crippen LogP contribution < -0.4 is 0 Å². The summed E-state index contributed by atoms with van der Waals surface area (Å²) in [6.07, 6.45) is 29.9. The Labute approximate surface area is 698 Å². The molecule has 2 saturated heterocycles. The molecule has 22 aliphatic rings. The Kier molecular flexibility index (Phi) is 26.7. The van der Waals surface area contributed by atoms with Gasteiger partial charge in [-0.2, -0.15) is 0 Å². The standard InChI is InChI=1S/C21H34O5.C19H28O5.C16H26O3.C14H20O3.C13H18O4.C11H12O4/c1-5-20(2,3)19(23)25-7-6-24-13-18(22)26-21(4)16-9-14-8-15(11-16)12-17(21)10-14;1-12(2)18(21)23-5-4-22-11-17(20)24-19(3)15-7-13-6-14(9-15)10-16(19)8-13;1-4-14(2,3)13(17)19-16-8-11-5-12(9-16)7-15(18,6-11)10-16;1-9(2)12(15)17-14-6-10-3-11(7-14)5-13(16,4-10)8-14;1-3-6(2)12(14)16-10-7-4-8-9(5-7)13(15)17-11(8)10;1-2-8(12)14-9-5-3-6-7(4-5)11(13)15-10(6)9/h14-17H,5-13H2,1-4H3;13-16H,1,4-11H2,2-3H3;11-12,18H,4-10H2,1-3H3;10-11,16H,1,3-8H2,2H3;6-11H,3-5H2,1-2H3;2,5-7,9-10H,1,3-4H2. The molecule has 2 heterocycles. The minimum Gasteiger partial charge on any atom is -0.463 e. The van der Waals surface area contributed by atoms with Gasteiger partial charge in [-0.25, -0.2) is 24.0 Å². The number of carbonyl (C=O) groups is 10. The summed E-state index contributed by atoms with van der Waals surface area (Å²) in [4.78, 5) is 118. The molecule has 20 aliphatic carbocycles. The van der Waals surface area contributed by atoms with Gasteiger partial charge in [-0.3, -0.25) is 24.0 Å². The molecule has 0 aromatic rings. The van der Waals surface area contributed by atoms with Crippen LogP contribution in [0.5, 0.6) is 0 Å². The molecule has 658 valence electrons. The minimum absolute atomic E-state index is 0.0676. The van der Waals surface area contributed by atoms with E-state index in [2.05, 4.69) is 33.6 Å². The first-order valence-electron chi connectivity index (χ1n) is 45.2. The maximum Gasteiger partial charge on any atom is 0.333 e. The number of esters is 10. The van der Waals surface area contributed by atoms with Crippen LogP contribution in [-0.2, 0) is 105 Å². The largest absolute Gasteiger partial charge is 0.463 e. The van der Waals surface area contributed by atoms with Gasteiger partial charge in [0.2, 0.25) is 0 Å². The van der Waals surface area contributed by atoms with E-state index in [4.69, 9.17) is 56.8 Å². The van der Waals surface area contributed by atoms with Gasteiger partial charge in [0, 0.05) is 53.7 Å². The molecule has 22 fully saturated rings. The van der Waals surface area contributed by atoms with Gasteiger partial charge in [0.05, 0.1) is 53.0 Å². The molecule has 24 nitrogen and oxygen atoms in total. The first-order chi connectivity index (χ1) is 55.6. The molecule has 20 bridgehead atoms. The fourth-order valence-corrected chi connectivity index (χ4v) is 26.3. The lowest BCUT2D eigenvalue weighted by molar-refractivity contribution is -0.225. The highest BCUT2D eigenvalue weighted by Crippen LogP contribution is 2.64. The third-order valence-corrected chi connectivity index (χ3v) is 32.2. The van der Waals surface area contributed by atoms with Crippen molar-refractivity contribution in [1.29, 1.82) is 0 Å². The summed E-state index contributed by atoms with van der Waals surface area (Å²) in [5.41, 5.74) is -2.60. The summed E-state index contributed by atoms with van der Waals surface area (Å²) in [6.45, 7) is 34.0. The van der Waals surface area contributed by atoms with Crippen molar-refractivity contribution in [3.8, 4) is 0 Å². The van der Waals surface area contributed by atoms with E-state index in [0.29, 0.717) is 89.1 Å². The number of aliphatic hydroxyl groups is 2. The van der Waals surface area contributed by atoms with E-state index in [-0.39, 0.29) is 152 Å². The lowest BCUT2D eigenvalue weighted by Gasteiger charge is -2.59. The maximum absolute atomic E-state index is 12.4. The smallest absolute Gasteiger partial charge is 0.333 e. The number of carbonyl (C=O) groups excluding carboxylic acids is 10. The molecular weight excluding hydrogens is 1510 g/mol. The Bertz CT molecular complexity index is 3700. The van der Waals surface area contributed by atoms with Crippen molar-refractivity contribution in [1.82, 2.24) is 0 Å². The fraction of sp³-hybridized carbons (Fsp3) is 0.830. The summed E-state index contributed by atoms with van der Waals surface area (Å²) < 4.78 is 65.7. The monoisotopic (exact) mass is 1650 g/mol. The van der Waals surface area contributed by atoms with Gasteiger partial charge < -0.3 is 67.1 Å². The minimum atomic E-state index is -0.570. The number of rotatable bonds is 25. The summed E-state index contributed by atoms with van der Waals surface area (Å²) >= 11 is 0. The highest BCUT2D eigenvalue weighted by Gasteiger charge is 2.67. The Balaban J connectivity index is 0.000000124. The van der Waals surface area contributed by atoms with Crippen molar-refractivity contribution in [2.45, 2.75) is 327 Å². The summed E-state index contributed by atoms with van der Waals surface area (Å²) in [7, 11) is 0. The van der Waals surface area contributed by atoms with Gasteiger partial charge in [0.15, 0.2) is 0 Å². The van der Waals surface area contributed by atoms with Crippen LogP contribution in [-0.4, -0.2) is 168 Å². The van der Waals surface area contributed by atoms with Crippen LogP contribution in [0.2, 0.25) is 0 Å². The van der Waals surface area contributed by atoms with E-state index in [9.17, 15) is 58.2 Å². The second kappa shape index (κ2) is 35.2. The Morgan fingerprint density at radius 2 is 0.856 bits per heavy atom. The molecule has 118 heavy (non-hydrogen) atoms. The fourth-order valence-electron chi connectivity index (χ4n) is 26.3. The molecule has 0 aromatic heterocycles. The molecular formula is C94H138O24. The third kappa shape index (κ3) is 19.2. The van der Waals surface area contributed by atoms with Crippen LogP contribution >= 0.6 is 0 Å². The van der Waals surface area contributed by atoms with E-state index >= 15 is 0 Å². The molecule has 2 N–H and O–H groups in total. The van der Waals surface area contributed by atoms with Gasteiger partial charge in [-0.05, 0) is 300 Å². The number of hydrogen-bond donors (Lipinski definition) is 2. The van der Waals surface area contributed by atoms with Crippen molar-refractivity contribution < 1.29 is 115 Å². The van der Waals surface area contributed by atoms with Gasteiger partial charge in [-0.15, -0.1) is 0 Å². The average molecular weight is 1650 g/mol. The number of fused-ring (bicyclic) bond motifs is 2. The van der Waals surface area contributed by atoms with Crippen LogP contribution in [0.1, 0.15) is 269 Å². The van der Waals surface area contributed by atoms with Crippen LogP contribution in [0.15, 0.2) is 37.0 Å². The SMILES string of the molecule is C=C(C)C(=O)OC12CC3CC(CC(O)(C3)C1)C2.C=C(C)C(=O)OCCOCC(=O)OC1(C)C2CC3CC(C2)CC1C3.C=CC(=O)OC1C2CC3C(=O)OC1C3C2.CCC(C)(C)C(=O)OC12CC3CC(CC(O)(C3)C1)C2.CCC(C)(C)C(=O)OCCOCC(=O)OC1(C)C2CC3CC(C2)CC1C3.CCC(C)C(=O)OC1C2CC3C(=O)OC1C3C2. The van der Waals surface area contributed by atoms with Crippen molar-refractivity contribution >= 4 is 59.7 Å². The molecule has 0 radical (unpaired) electrons. The van der Waals surface area contributed by atoms with Gasteiger partial charge >= 0.3 is 59.7 Å². The van der Waals surface area contributed by atoms with Crippen LogP contribution in [0.3, 0.4) is 0 Å². The zero-order valence-electron chi connectivity index (χ0n) is 72.6. The van der Waals surface area contributed by atoms with Crippen LogP contribution in [0, 0.1) is 123 Å². The third-order valence-electron chi connectivity index (χ3n) is 32.2. The molecule has 0 aromatic carbocycles. The van der Waals surface area contributed by atoms with E-state index < -0.39 is 39.6 Å². The Morgan fingerprint density at radius 3 is 1.23 bits per heavy atom. The summed E-state index contributed by atoms with van der Waals surface area (Å²) in [5, 5.41) is 21.2. The zero-order chi connectivity index (χ0) is 85.1. The van der Waals surface area contributed by atoms with Gasteiger partial charge in [0.25, 0.3) is 0 Å². The zero-order valence-corrected chi connectivity index (χ0v) is 72.6. The summed E-state index contributed by atoms with van der Waals surface area (Å²) in [5.74, 6) is 6.55. The molecule has 15 atom stereocenters. The Morgan fingerprint density at radius 1 is 0.483 bits per heavy atom. The molecule has 22 rings (SSSR count). The van der Waals surface area contributed by atoms with Crippen molar-refractivity contribution in [2.24, 2.45) is 123 Å². The van der Waals surface area contributed by atoms with E-state index in [0.717, 1.165) is 126 Å². The molecule has 15 unspecified atom stereocenters. The quantitative estimate of drug-likeness (QED) is 0.0371. The van der Waals surface area contributed by atoms with Crippen molar-refractivity contribution in [2.75, 3.05) is 39.6 Å². The van der Waals surface area contributed by atoms with Crippen LogP contribution in [0.4, 0.5) is 0 Å². The second-order valence-corrected chi connectivity index (χ2v) is 42.0. The molecule has 0 spiro atoms. The van der Waals surface area contributed by atoms with Crippen LogP contribution in [0.25, 0.3) is 0 Å². The first kappa shape index (κ1) is 89.5. The van der Waals surface area contributed by atoms with Crippen molar-refractivity contribution in [3.63, 3.8) is 0 Å². The number of ether oxygens (including phenoxy) is 12. The van der Waals surface area contributed by atoms with E-state index in [1.165, 1.54) is 77.0 Å². The average Bonchev–Trinajstić information content (AvgIpc) is 1.01. The lowest BCUT2D eigenvalue weighted by Crippen LogP contribution is -2.61. The molecule has 2 aliphatic heterocycles. The second-order valence-electron chi connectivity index (χ2n) is 42.0. The van der Waals surface area contributed by atoms with Crippen molar-refractivity contribution in [3.05, 3.63) is 37.0 Å². The number of hydrogen-bond acceptors (Lipinski definition) is 24. The predicted octanol–water partition coefficient (Wildman–Crippen LogP) is 14.1. The normalized spacial score (nSPS) is 41.2. The molecule has 20 saturated carbocycles. The lowest BCUT2D eigenvalue weighted by atomic mass is 9.50. The highest BCUT2D eigenvalue weighted by molar-refractivity contribution is 5.88. The Hall–Kier alpha value is -6.24. The highest BCUT2D eigenvalue weighted by atomic mass is 16.6. The van der Waals surface area contributed by atoms with E-state index in [1.807, 2.05) is 55.4 Å². The molecule has 24 heteroatoms. The maximum atomic E-state index is 12.4. The van der Waals surface area contributed by atoms with E-state index in [1.54, 1.807) is 13.8 Å². The van der Waals surface area contributed by atoms with Gasteiger partial charge in [-0.1, -0.05) is 47.4 Å². The first-order valence-corrected chi connectivity index (χ1v) is 45.2. The molecule has 0 amide bonds. The van der Waals surface area contributed by atoms with Gasteiger partial charge in [0.1, 0.15) is 73.2 Å². The predicted molar refractivity (Wildman–Crippen MR) is 430 cm³/mol. The topological polar surface area (TPSA) is 322 Å². The summed E-state index contributed by atoms with van der Waals surface area (Å²) in [6, 6.07) is 0.